The number of nitrogens with one attached hydrogen (secondary N) is 1. The quantitative estimate of drug-likeness (QED) is 0.383. The number of hydrogen-bond acceptors (Lipinski definition) is 5. The Balaban J connectivity index is 1.32. The van der Waals surface area contributed by atoms with Crippen LogP contribution in [0.5, 0.6) is 0 Å². The molecular formula is C27H42BFN2O4. The number of hydrogen-bond donors (Lipinski definition) is 2. The predicted octanol–water partition coefficient (Wildman–Crippen LogP) is 4.83. The second kappa shape index (κ2) is 10.1. The van der Waals surface area contributed by atoms with Crippen LogP contribution in [-0.4, -0.2) is 60.0 Å². The van der Waals surface area contributed by atoms with Gasteiger partial charge in [-0.3, -0.25) is 9.69 Å². The molecule has 6 nitrogen and oxygen atoms in total. The molecule has 2 heterocycles. The predicted molar refractivity (Wildman–Crippen MR) is 136 cm³/mol. The number of carboxylic acids is 1. The van der Waals surface area contributed by atoms with E-state index in [4.69, 9.17) is 9.31 Å². The molecule has 1 aromatic carbocycles. The number of aliphatic carboxylic acids is 1. The zero-order valence-corrected chi connectivity index (χ0v) is 22.0. The van der Waals surface area contributed by atoms with Crippen molar-refractivity contribution in [2.24, 2.45) is 5.92 Å². The van der Waals surface area contributed by atoms with Crippen LogP contribution in [0.15, 0.2) is 18.2 Å². The third kappa shape index (κ3) is 5.18. The van der Waals surface area contributed by atoms with Crippen molar-refractivity contribution in [1.29, 1.82) is 0 Å². The van der Waals surface area contributed by atoms with E-state index < -0.39 is 11.5 Å². The number of rotatable bonds is 9. The lowest BCUT2D eigenvalue weighted by molar-refractivity contribution is -0.149. The Bertz CT molecular complexity index is 902. The molecule has 4 rings (SSSR count). The van der Waals surface area contributed by atoms with Crippen LogP contribution < -0.4 is 5.32 Å². The Morgan fingerprint density at radius 2 is 1.83 bits per heavy atom. The number of aryl methyl sites for hydroxylation is 1. The fraction of sp³-hybridized carbons (Fsp3) is 0.741. The van der Waals surface area contributed by atoms with Crippen molar-refractivity contribution in [1.82, 2.24) is 10.2 Å². The van der Waals surface area contributed by atoms with Crippen molar-refractivity contribution < 1.29 is 23.6 Å². The van der Waals surface area contributed by atoms with E-state index in [9.17, 15) is 14.3 Å². The average Bonchev–Trinajstić information content (AvgIpc) is 3.30. The van der Waals surface area contributed by atoms with E-state index in [1.165, 1.54) is 5.56 Å². The first-order valence-electron chi connectivity index (χ1n) is 13.3. The number of piperidine rings is 1. The van der Waals surface area contributed by atoms with Crippen LogP contribution in [0.3, 0.4) is 0 Å². The largest absolute Gasteiger partial charge is 0.480 e. The Hall–Kier alpha value is -1.48. The molecule has 2 N–H and O–H groups in total. The molecular weight excluding hydrogens is 446 g/mol. The van der Waals surface area contributed by atoms with Gasteiger partial charge in [0.1, 0.15) is 11.4 Å². The summed E-state index contributed by atoms with van der Waals surface area (Å²) in [4.78, 5) is 15.0. The number of unbranched alkanes of at least 4 members (excludes halogenated alkanes) is 1. The summed E-state index contributed by atoms with van der Waals surface area (Å²) >= 11 is 0. The van der Waals surface area contributed by atoms with Crippen LogP contribution in [0.2, 0.25) is 6.32 Å². The van der Waals surface area contributed by atoms with E-state index in [2.05, 4.69) is 37.9 Å². The highest BCUT2D eigenvalue weighted by molar-refractivity contribution is 6.45. The van der Waals surface area contributed by atoms with Gasteiger partial charge in [0, 0.05) is 6.04 Å². The number of nitrogens with zero attached hydrogens (tertiary/aromatic N) is 1. The number of halogens is 1. The third-order valence-electron chi connectivity index (χ3n) is 9.21. The minimum atomic E-state index is -0.918. The molecule has 0 bridgehead atoms. The minimum Gasteiger partial charge on any atom is -0.480 e. The summed E-state index contributed by atoms with van der Waals surface area (Å²) in [5.41, 5.74) is 0.767. The fourth-order valence-electron chi connectivity index (χ4n) is 6.37. The van der Waals surface area contributed by atoms with Crippen LogP contribution in [0, 0.1) is 11.7 Å². The first kappa shape index (κ1) is 26.6. The Morgan fingerprint density at radius 1 is 1.17 bits per heavy atom. The molecule has 2 fully saturated rings. The first-order valence-corrected chi connectivity index (χ1v) is 13.3. The number of benzene rings is 1. The molecule has 0 spiro atoms. The molecule has 1 aromatic rings. The van der Waals surface area contributed by atoms with Gasteiger partial charge >= 0.3 is 13.1 Å². The lowest BCUT2D eigenvalue weighted by atomic mass is 9.73. The number of fused-ring (bicyclic) bond motifs is 1. The Morgan fingerprint density at radius 3 is 2.43 bits per heavy atom. The number of likely N-dealkylation sites (tertiary alicyclic amines) is 1. The van der Waals surface area contributed by atoms with Crippen molar-refractivity contribution in [2.75, 3.05) is 20.1 Å². The molecule has 35 heavy (non-hydrogen) atoms. The van der Waals surface area contributed by atoms with E-state index in [1.807, 2.05) is 6.07 Å². The number of likely N-dealkylation sites (N-methyl/N-ethyl adjacent to an activating group) is 1. The van der Waals surface area contributed by atoms with Gasteiger partial charge < -0.3 is 19.7 Å². The van der Waals surface area contributed by atoms with E-state index in [0.29, 0.717) is 12.5 Å². The van der Waals surface area contributed by atoms with Crippen LogP contribution >= 0.6 is 0 Å². The standard InChI is InChI=1S/C27H42BFN2O4/c1-25(2)26(3,4)35-28(34-25)15-7-6-14-27(30-5,24(32)33)20-12-16-31(17-13-20)23-11-8-19-18-21(29)9-10-22(19)23/h9-10,18,20,23,30H,6-8,11-17H2,1-5H3,(H,32,33). The van der Waals surface area contributed by atoms with E-state index >= 15 is 0 Å². The number of carbonyl (C=O) groups is 1. The van der Waals surface area contributed by atoms with E-state index in [0.717, 1.165) is 63.5 Å². The fourth-order valence-corrected chi connectivity index (χ4v) is 6.37. The van der Waals surface area contributed by atoms with Gasteiger partial charge in [-0.05, 0) is 115 Å². The molecule has 0 aromatic heterocycles. The summed E-state index contributed by atoms with van der Waals surface area (Å²) < 4.78 is 25.8. The highest BCUT2D eigenvalue weighted by Crippen LogP contribution is 2.41. The molecule has 3 aliphatic rings. The topological polar surface area (TPSA) is 71.0 Å². The molecule has 8 heteroatoms. The van der Waals surface area contributed by atoms with Gasteiger partial charge in [-0.2, -0.15) is 0 Å². The van der Waals surface area contributed by atoms with Gasteiger partial charge in [-0.25, -0.2) is 4.39 Å². The SMILES string of the molecule is CNC(CCCCB1OC(C)(C)C(C)(C)O1)(C(=O)O)C1CCN(C2CCc3cc(F)ccc32)CC1. The molecule has 2 saturated heterocycles. The van der Waals surface area contributed by atoms with E-state index in [1.54, 1.807) is 19.2 Å². The monoisotopic (exact) mass is 488 g/mol. The molecule has 2 unspecified atom stereocenters. The highest BCUT2D eigenvalue weighted by atomic mass is 19.1. The minimum absolute atomic E-state index is 0.0761. The first-order chi connectivity index (χ1) is 16.5. The smallest absolute Gasteiger partial charge is 0.457 e. The van der Waals surface area contributed by atoms with Crippen molar-refractivity contribution in [3.8, 4) is 0 Å². The summed E-state index contributed by atoms with van der Waals surface area (Å²) in [6.07, 6.45) is 6.64. The van der Waals surface area contributed by atoms with Gasteiger partial charge in [0.05, 0.1) is 11.2 Å². The van der Waals surface area contributed by atoms with Gasteiger partial charge in [0.25, 0.3) is 0 Å². The summed E-state index contributed by atoms with van der Waals surface area (Å²) in [5, 5.41) is 13.5. The lowest BCUT2D eigenvalue weighted by Gasteiger charge is -2.44. The summed E-state index contributed by atoms with van der Waals surface area (Å²) in [6.45, 7) is 9.96. The molecule has 0 amide bonds. The van der Waals surface area contributed by atoms with Gasteiger partial charge in [0.2, 0.25) is 0 Å². The van der Waals surface area contributed by atoms with Crippen LogP contribution in [0.25, 0.3) is 0 Å². The maximum atomic E-state index is 13.6. The van der Waals surface area contributed by atoms with Crippen molar-refractivity contribution in [3.05, 3.63) is 35.1 Å². The van der Waals surface area contributed by atoms with Crippen molar-refractivity contribution >= 4 is 13.1 Å². The third-order valence-corrected chi connectivity index (χ3v) is 9.21. The normalized spacial score (nSPS) is 26.0. The van der Waals surface area contributed by atoms with Crippen LogP contribution in [0.1, 0.15) is 83.4 Å². The molecule has 0 saturated carbocycles. The molecule has 0 radical (unpaired) electrons. The molecule has 2 atom stereocenters. The Kier molecular flexibility index (Phi) is 7.68. The number of carboxylic acid groups (broad SMARTS) is 1. The maximum Gasteiger partial charge on any atom is 0.457 e. The highest BCUT2D eigenvalue weighted by Gasteiger charge is 2.51. The van der Waals surface area contributed by atoms with Crippen LogP contribution in [-0.2, 0) is 20.5 Å². The summed E-state index contributed by atoms with van der Waals surface area (Å²) in [5.74, 6) is -0.843. The molecule has 1 aliphatic carbocycles. The van der Waals surface area contributed by atoms with Gasteiger partial charge in [-0.15, -0.1) is 0 Å². The summed E-state index contributed by atoms with van der Waals surface area (Å²) in [7, 11) is 1.55. The van der Waals surface area contributed by atoms with Crippen LogP contribution in [0.4, 0.5) is 4.39 Å². The molecule has 194 valence electrons. The van der Waals surface area contributed by atoms with E-state index in [-0.39, 0.29) is 30.1 Å². The lowest BCUT2D eigenvalue weighted by Crippen LogP contribution is -2.58. The average molecular weight is 488 g/mol. The zero-order valence-electron chi connectivity index (χ0n) is 22.0. The van der Waals surface area contributed by atoms with Crippen molar-refractivity contribution in [2.45, 2.75) is 102 Å². The van der Waals surface area contributed by atoms with Crippen molar-refractivity contribution in [3.63, 3.8) is 0 Å². The van der Waals surface area contributed by atoms with Gasteiger partial charge in [-0.1, -0.05) is 18.9 Å². The van der Waals surface area contributed by atoms with Gasteiger partial charge in [0.15, 0.2) is 0 Å². The maximum absolute atomic E-state index is 13.6. The molecule has 2 aliphatic heterocycles. The summed E-state index contributed by atoms with van der Waals surface area (Å²) in [6, 6.07) is 5.48. The second-order valence-corrected chi connectivity index (χ2v) is 11.7. The Labute approximate surface area is 210 Å². The zero-order chi connectivity index (χ0) is 25.4. The second-order valence-electron chi connectivity index (χ2n) is 11.7.